The van der Waals surface area contributed by atoms with Crippen LogP contribution >= 0.6 is 11.6 Å². The number of carbonyl (C=O) groups is 2. The molecule has 1 rings (SSSR count). The lowest BCUT2D eigenvalue weighted by atomic mass is 10.1. The van der Waals surface area contributed by atoms with Gasteiger partial charge in [-0.25, -0.2) is 0 Å². The summed E-state index contributed by atoms with van der Waals surface area (Å²) in [6.07, 6.45) is 0.0282. The maximum Gasteiger partial charge on any atom is 0.325 e. The molecule has 1 aromatic carbocycles. The van der Waals surface area contributed by atoms with Gasteiger partial charge in [0.1, 0.15) is 11.8 Å². The maximum atomic E-state index is 11.6. The Labute approximate surface area is 110 Å². The lowest BCUT2D eigenvalue weighted by Gasteiger charge is -2.10. The average molecular weight is 272 g/mol. The number of rotatable bonds is 5. The Morgan fingerprint density at radius 3 is 2.67 bits per heavy atom. The smallest absolute Gasteiger partial charge is 0.325 e. The van der Waals surface area contributed by atoms with Gasteiger partial charge >= 0.3 is 5.97 Å². The van der Waals surface area contributed by atoms with Crippen molar-refractivity contribution in [3.8, 4) is 5.75 Å². The summed E-state index contributed by atoms with van der Waals surface area (Å²) in [7, 11) is 1.52. The molecule has 0 aromatic heterocycles. The van der Waals surface area contributed by atoms with E-state index in [0.29, 0.717) is 16.3 Å². The molecule has 1 atom stereocenters. The van der Waals surface area contributed by atoms with Gasteiger partial charge in [0.15, 0.2) is 0 Å². The van der Waals surface area contributed by atoms with E-state index >= 15 is 0 Å². The SMILES string of the molecule is COc1ccc(CC(=O)NC(C)C(=O)O)c(Cl)c1. The Morgan fingerprint density at radius 1 is 1.50 bits per heavy atom. The number of methoxy groups -OCH3 is 1. The zero-order chi connectivity index (χ0) is 13.7. The quantitative estimate of drug-likeness (QED) is 0.851. The maximum absolute atomic E-state index is 11.6. The van der Waals surface area contributed by atoms with Crippen molar-refractivity contribution in [3.63, 3.8) is 0 Å². The first-order chi connectivity index (χ1) is 8.43. The van der Waals surface area contributed by atoms with E-state index in [4.69, 9.17) is 21.4 Å². The fourth-order valence-electron chi connectivity index (χ4n) is 1.33. The largest absolute Gasteiger partial charge is 0.497 e. The van der Waals surface area contributed by atoms with E-state index in [9.17, 15) is 9.59 Å². The molecule has 0 aliphatic carbocycles. The minimum atomic E-state index is -1.08. The summed E-state index contributed by atoms with van der Waals surface area (Å²) < 4.78 is 4.99. The number of nitrogens with one attached hydrogen (secondary N) is 1. The third-order valence-corrected chi connectivity index (χ3v) is 2.71. The Balaban J connectivity index is 2.67. The van der Waals surface area contributed by atoms with Crippen LogP contribution < -0.4 is 10.1 Å². The topological polar surface area (TPSA) is 75.6 Å². The van der Waals surface area contributed by atoms with Crippen molar-refractivity contribution in [1.29, 1.82) is 0 Å². The number of ether oxygens (including phenoxy) is 1. The van der Waals surface area contributed by atoms with Gasteiger partial charge in [0.25, 0.3) is 0 Å². The second kappa shape index (κ2) is 6.26. The van der Waals surface area contributed by atoms with Crippen molar-refractivity contribution in [2.24, 2.45) is 0 Å². The Morgan fingerprint density at radius 2 is 2.17 bits per heavy atom. The predicted molar refractivity (Wildman–Crippen MR) is 66.9 cm³/mol. The fourth-order valence-corrected chi connectivity index (χ4v) is 1.56. The molecule has 18 heavy (non-hydrogen) atoms. The second-order valence-electron chi connectivity index (χ2n) is 3.76. The van der Waals surface area contributed by atoms with Crippen LogP contribution in [0.1, 0.15) is 12.5 Å². The fraction of sp³-hybridized carbons (Fsp3) is 0.333. The van der Waals surface area contributed by atoms with Crippen molar-refractivity contribution in [2.75, 3.05) is 7.11 Å². The van der Waals surface area contributed by atoms with E-state index < -0.39 is 17.9 Å². The number of carboxylic acid groups (broad SMARTS) is 1. The molecule has 0 aliphatic rings. The summed E-state index contributed by atoms with van der Waals surface area (Å²) in [5, 5.41) is 11.4. The second-order valence-corrected chi connectivity index (χ2v) is 4.17. The first-order valence-electron chi connectivity index (χ1n) is 5.28. The Hall–Kier alpha value is -1.75. The lowest BCUT2D eigenvalue weighted by Crippen LogP contribution is -2.39. The number of hydrogen-bond acceptors (Lipinski definition) is 3. The van der Waals surface area contributed by atoms with Crippen LogP contribution in [0.4, 0.5) is 0 Å². The van der Waals surface area contributed by atoms with Crippen LogP contribution in [0.25, 0.3) is 0 Å². The zero-order valence-corrected chi connectivity index (χ0v) is 10.8. The van der Waals surface area contributed by atoms with E-state index in [1.54, 1.807) is 18.2 Å². The molecule has 98 valence electrons. The molecule has 1 aromatic rings. The number of carbonyl (C=O) groups excluding carboxylic acids is 1. The van der Waals surface area contributed by atoms with Crippen molar-refractivity contribution in [3.05, 3.63) is 28.8 Å². The standard InChI is InChI=1S/C12H14ClNO4/c1-7(12(16)17)14-11(15)5-8-3-4-9(18-2)6-10(8)13/h3-4,6-7H,5H2,1-2H3,(H,14,15)(H,16,17). The highest BCUT2D eigenvalue weighted by Gasteiger charge is 2.15. The zero-order valence-electron chi connectivity index (χ0n) is 10.1. The first kappa shape index (κ1) is 14.3. The summed E-state index contributed by atoms with van der Waals surface area (Å²) in [5.74, 6) is -0.871. The molecule has 1 amide bonds. The monoisotopic (exact) mass is 271 g/mol. The molecule has 0 saturated carbocycles. The number of hydrogen-bond donors (Lipinski definition) is 2. The van der Waals surface area contributed by atoms with Crippen LogP contribution in [0.15, 0.2) is 18.2 Å². The van der Waals surface area contributed by atoms with Gasteiger partial charge in [-0.15, -0.1) is 0 Å². The highest BCUT2D eigenvalue weighted by molar-refractivity contribution is 6.31. The summed E-state index contributed by atoms with van der Waals surface area (Å²) >= 11 is 5.98. The molecular formula is C12H14ClNO4. The van der Waals surface area contributed by atoms with Crippen molar-refractivity contribution >= 4 is 23.5 Å². The van der Waals surface area contributed by atoms with E-state index in [2.05, 4.69) is 5.32 Å². The molecule has 0 fully saturated rings. The van der Waals surface area contributed by atoms with E-state index in [1.165, 1.54) is 14.0 Å². The molecule has 6 heteroatoms. The summed E-state index contributed by atoms with van der Waals surface area (Å²) in [5.41, 5.74) is 0.618. The van der Waals surface area contributed by atoms with Crippen molar-refractivity contribution in [1.82, 2.24) is 5.32 Å². The van der Waals surface area contributed by atoms with E-state index in [0.717, 1.165) is 0 Å². The summed E-state index contributed by atoms with van der Waals surface area (Å²) in [6.45, 7) is 1.40. The molecule has 0 saturated heterocycles. The Kier molecular flexibility index (Phi) is 4.97. The number of aliphatic carboxylic acids is 1. The van der Waals surface area contributed by atoms with Crippen LogP contribution in [-0.2, 0) is 16.0 Å². The molecule has 0 spiro atoms. The molecule has 0 bridgehead atoms. The van der Waals surface area contributed by atoms with Crippen LogP contribution in [0.3, 0.4) is 0 Å². The minimum absolute atomic E-state index is 0.0282. The van der Waals surface area contributed by atoms with Gasteiger partial charge in [-0.2, -0.15) is 0 Å². The van der Waals surface area contributed by atoms with Crippen LogP contribution in [0.5, 0.6) is 5.75 Å². The average Bonchev–Trinajstić information content (AvgIpc) is 2.31. The van der Waals surface area contributed by atoms with Crippen LogP contribution in [-0.4, -0.2) is 30.1 Å². The van der Waals surface area contributed by atoms with Crippen LogP contribution in [0.2, 0.25) is 5.02 Å². The molecular weight excluding hydrogens is 258 g/mol. The molecule has 2 N–H and O–H groups in total. The number of amides is 1. The minimum Gasteiger partial charge on any atom is -0.497 e. The summed E-state index contributed by atoms with van der Waals surface area (Å²) in [4.78, 5) is 22.2. The molecule has 1 unspecified atom stereocenters. The van der Waals surface area contributed by atoms with E-state index in [1.807, 2.05) is 0 Å². The number of halogens is 1. The Bertz CT molecular complexity index is 461. The van der Waals surface area contributed by atoms with Gasteiger partial charge in [-0.3, -0.25) is 9.59 Å². The third-order valence-electron chi connectivity index (χ3n) is 2.36. The molecule has 5 nitrogen and oxygen atoms in total. The van der Waals surface area contributed by atoms with Gasteiger partial charge in [0.05, 0.1) is 13.5 Å². The highest BCUT2D eigenvalue weighted by Crippen LogP contribution is 2.22. The third kappa shape index (κ3) is 3.92. The predicted octanol–water partition coefficient (Wildman–Crippen LogP) is 1.48. The number of benzene rings is 1. The normalized spacial score (nSPS) is 11.7. The number of carboxylic acids is 1. The highest BCUT2D eigenvalue weighted by atomic mass is 35.5. The molecule has 0 aliphatic heterocycles. The van der Waals surface area contributed by atoms with Gasteiger partial charge in [-0.1, -0.05) is 17.7 Å². The molecule has 0 heterocycles. The first-order valence-corrected chi connectivity index (χ1v) is 5.66. The van der Waals surface area contributed by atoms with Gasteiger partial charge in [0.2, 0.25) is 5.91 Å². The lowest BCUT2D eigenvalue weighted by molar-refractivity contribution is -0.141. The van der Waals surface area contributed by atoms with E-state index in [-0.39, 0.29) is 6.42 Å². The van der Waals surface area contributed by atoms with Gasteiger partial charge in [0, 0.05) is 5.02 Å². The van der Waals surface area contributed by atoms with Gasteiger partial charge in [-0.05, 0) is 24.6 Å². The molecule has 0 radical (unpaired) electrons. The van der Waals surface area contributed by atoms with Crippen LogP contribution in [0, 0.1) is 0 Å². The van der Waals surface area contributed by atoms with Crippen molar-refractivity contribution in [2.45, 2.75) is 19.4 Å². The van der Waals surface area contributed by atoms with Crippen molar-refractivity contribution < 1.29 is 19.4 Å². The van der Waals surface area contributed by atoms with Gasteiger partial charge < -0.3 is 15.2 Å². The summed E-state index contributed by atoms with van der Waals surface area (Å²) in [6, 6.07) is 4.04.